The molecule has 0 aromatic heterocycles. The van der Waals surface area contributed by atoms with E-state index in [1.54, 1.807) is 42.5 Å². The Morgan fingerprint density at radius 2 is 1.18 bits per heavy atom. The summed E-state index contributed by atoms with van der Waals surface area (Å²) in [5, 5.41) is 30.2. The van der Waals surface area contributed by atoms with E-state index >= 15 is 0 Å². The number of carbonyl (C=O) groups excluding carboxylic acids is 2. The van der Waals surface area contributed by atoms with Gasteiger partial charge in [-0.25, -0.2) is 4.57 Å². The van der Waals surface area contributed by atoms with Crippen molar-refractivity contribution in [3.05, 3.63) is 85.1 Å². The molecule has 0 radical (unpaired) electrons. The molecule has 0 aliphatic rings. The number of aliphatic hydroxyl groups is 3. The third-order valence-electron chi connectivity index (χ3n) is 8.74. The van der Waals surface area contributed by atoms with Gasteiger partial charge >= 0.3 is 19.8 Å². The molecule has 12 heteroatoms. The Bertz CT molecular complexity index is 1250. The average molecular weight is 823 g/mol. The zero-order chi connectivity index (χ0) is 42.2. The predicted octanol–water partition coefficient (Wildman–Crippen LogP) is 9.76. The number of hydrogen-bond acceptors (Lipinski definition) is 9. The number of hydrogen-bond donors (Lipinski definition) is 5. The summed E-state index contributed by atoms with van der Waals surface area (Å²) in [5.74, 6) is -1.23. The summed E-state index contributed by atoms with van der Waals surface area (Å²) < 4.78 is 26.2. The van der Waals surface area contributed by atoms with Crippen LogP contribution in [0.1, 0.15) is 149 Å². The molecule has 0 saturated heterocycles. The van der Waals surface area contributed by atoms with Crippen LogP contribution in [-0.2, 0) is 28.2 Å². The van der Waals surface area contributed by atoms with Crippen LogP contribution >= 0.6 is 7.82 Å². The first-order valence-corrected chi connectivity index (χ1v) is 22.7. The minimum absolute atomic E-state index is 0.0932. The van der Waals surface area contributed by atoms with Gasteiger partial charge in [0.2, 0.25) is 0 Å². The number of allylic oxidation sites excluding steroid dienone is 11. The normalized spacial score (nSPS) is 15.0. The Labute approximate surface area is 343 Å². The van der Waals surface area contributed by atoms with Crippen molar-refractivity contribution in [2.24, 2.45) is 0 Å². The van der Waals surface area contributed by atoms with Gasteiger partial charge in [-0.15, -0.1) is 0 Å². The molecule has 326 valence electrons. The first kappa shape index (κ1) is 54.1. The van der Waals surface area contributed by atoms with Crippen molar-refractivity contribution in [2.75, 3.05) is 13.2 Å². The van der Waals surface area contributed by atoms with Crippen LogP contribution in [0.2, 0.25) is 0 Å². The number of phosphoric acid groups is 1. The summed E-state index contributed by atoms with van der Waals surface area (Å²) >= 11 is 0. The lowest BCUT2D eigenvalue weighted by Gasteiger charge is -2.18. The van der Waals surface area contributed by atoms with Crippen molar-refractivity contribution in [3.8, 4) is 0 Å². The minimum atomic E-state index is -4.85. The van der Waals surface area contributed by atoms with Crippen molar-refractivity contribution in [1.82, 2.24) is 0 Å². The van der Waals surface area contributed by atoms with Crippen molar-refractivity contribution < 1.29 is 53.3 Å². The fourth-order valence-corrected chi connectivity index (χ4v) is 5.81. The summed E-state index contributed by atoms with van der Waals surface area (Å²) in [6, 6.07) is 0. The predicted molar refractivity (Wildman–Crippen MR) is 229 cm³/mol. The van der Waals surface area contributed by atoms with E-state index in [0.717, 1.165) is 44.9 Å². The molecule has 0 aliphatic carbocycles. The highest BCUT2D eigenvalue weighted by molar-refractivity contribution is 7.46. The molecule has 0 spiro atoms. The summed E-state index contributed by atoms with van der Waals surface area (Å²) in [4.78, 5) is 42.9. The highest BCUT2D eigenvalue weighted by Gasteiger charge is 2.23. The van der Waals surface area contributed by atoms with E-state index in [1.165, 1.54) is 57.4 Å². The Hall–Kier alpha value is -2.89. The summed E-state index contributed by atoms with van der Waals surface area (Å²) in [6.07, 6.45) is 41.0. The van der Waals surface area contributed by atoms with Gasteiger partial charge in [0, 0.05) is 12.8 Å². The molecule has 0 rings (SSSR count). The van der Waals surface area contributed by atoms with Crippen LogP contribution < -0.4 is 0 Å². The topological polar surface area (TPSA) is 180 Å². The van der Waals surface area contributed by atoms with Gasteiger partial charge in [-0.2, -0.15) is 0 Å². The number of carbonyl (C=O) groups is 2. The number of ether oxygens (including phenoxy) is 2. The summed E-state index contributed by atoms with van der Waals surface area (Å²) in [7, 11) is -4.85. The second-order valence-electron chi connectivity index (χ2n) is 14.1. The lowest BCUT2D eigenvalue weighted by atomic mass is 10.1. The van der Waals surface area contributed by atoms with Crippen molar-refractivity contribution in [1.29, 1.82) is 0 Å². The lowest BCUT2D eigenvalue weighted by Crippen LogP contribution is -2.29. The second kappa shape index (κ2) is 38.6. The van der Waals surface area contributed by atoms with Gasteiger partial charge < -0.3 is 34.6 Å². The van der Waals surface area contributed by atoms with E-state index in [0.29, 0.717) is 12.8 Å². The van der Waals surface area contributed by atoms with Gasteiger partial charge in [0.15, 0.2) is 6.10 Å². The smallest absolute Gasteiger partial charge is 0.462 e. The number of unbranched alkanes of at least 4 members (excludes halogenated alkanes) is 12. The standard InChI is InChI=1S/C45H75O11P/c1-3-5-7-8-9-10-11-12-13-14-15-16-17-18-19-20-21-26-30-36-45(50)56-41(39-55-57(51,52)53)38-54-44(49)37-31-35-43(48)42(47)34-29-25-23-22-24-28-33-40(46)32-27-6-4-2/h6,9-10,12-13,22-25,27-29,33-34,40-43,46-48H,3-5,7-8,11,14-21,26,30-32,35-39H2,1-2H3,(H2,51,52,53)/b10-9-,13-12-,24-22+,25-23-,27-6-,33-28+,34-29-/t40-,41-,42+,43+/m1/s1. The zero-order valence-electron chi connectivity index (χ0n) is 34.8. The van der Waals surface area contributed by atoms with Gasteiger partial charge in [0.1, 0.15) is 6.61 Å². The van der Waals surface area contributed by atoms with Gasteiger partial charge in [0.05, 0.1) is 24.9 Å². The van der Waals surface area contributed by atoms with E-state index in [4.69, 9.17) is 19.3 Å². The molecule has 11 nitrogen and oxygen atoms in total. The number of esters is 2. The van der Waals surface area contributed by atoms with Crippen LogP contribution in [0.3, 0.4) is 0 Å². The van der Waals surface area contributed by atoms with Gasteiger partial charge in [0.25, 0.3) is 0 Å². The molecule has 0 aliphatic heterocycles. The van der Waals surface area contributed by atoms with Gasteiger partial charge in [-0.05, 0) is 64.2 Å². The molecule has 0 fully saturated rings. The molecule has 5 N–H and O–H groups in total. The Balaban J connectivity index is 4.24. The third-order valence-corrected chi connectivity index (χ3v) is 9.23. The Morgan fingerprint density at radius 1 is 0.614 bits per heavy atom. The van der Waals surface area contributed by atoms with Crippen molar-refractivity contribution in [2.45, 2.75) is 173 Å². The number of rotatable bonds is 37. The highest BCUT2D eigenvalue weighted by Crippen LogP contribution is 2.36. The summed E-state index contributed by atoms with van der Waals surface area (Å²) in [5.41, 5.74) is 0. The maximum Gasteiger partial charge on any atom is 0.469 e. The molecule has 0 unspecified atom stereocenters. The molecular weight excluding hydrogens is 747 g/mol. The maximum absolute atomic E-state index is 12.4. The molecule has 0 aromatic carbocycles. The fraction of sp³-hybridized carbons (Fsp3) is 0.644. The number of aliphatic hydroxyl groups excluding tert-OH is 3. The van der Waals surface area contributed by atoms with Gasteiger partial charge in [-0.1, -0.05) is 157 Å². The molecule has 4 atom stereocenters. The largest absolute Gasteiger partial charge is 0.469 e. The molecule has 0 aromatic rings. The van der Waals surface area contributed by atoms with Crippen molar-refractivity contribution >= 4 is 19.8 Å². The van der Waals surface area contributed by atoms with E-state index < -0.39 is 57.4 Å². The Morgan fingerprint density at radius 3 is 1.79 bits per heavy atom. The maximum atomic E-state index is 12.4. The molecule has 57 heavy (non-hydrogen) atoms. The van der Waals surface area contributed by atoms with Crippen LogP contribution in [0.5, 0.6) is 0 Å². The summed E-state index contributed by atoms with van der Waals surface area (Å²) in [6.45, 7) is 3.17. The van der Waals surface area contributed by atoms with E-state index in [2.05, 4.69) is 35.8 Å². The van der Waals surface area contributed by atoms with Crippen LogP contribution in [0.15, 0.2) is 85.1 Å². The molecular formula is C45H75O11P. The zero-order valence-corrected chi connectivity index (χ0v) is 35.7. The number of phosphoric ester groups is 1. The quantitative estimate of drug-likeness (QED) is 0.0132. The van der Waals surface area contributed by atoms with Crippen LogP contribution in [-0.4, -0.2) is 74.7 Å². The average Bonchev–Trinajstić information content (AvgIpc) is 3.17. The van der Waals surface area contributed by atoms with Crippen LogP contribution in [0.4, 0.5) is 0 Å². The van der Waals surface area contributed by atoms with E-state index in [1.807, 2.05) is 19.1 Å². The third kappa shape index (κ3) is 39.7. The van der Waals surface area contributed by atoms with Crippen molar-refractivity contribution in [3.63, 3.8) is 0 Å². The molecule has 0 amide bonds. The minimum Gasteiger partial charge on any atom is -0.462 e. The highest BCUT2D eigenvalue weighted by atomic mass is 31.2. The fourth-order valence-electron chi connectivity index (χ4n) is 5.45. The monoisotopic (exact) mass is 823 g/mol. The SMILES string of the molecule is CC/C=C\C[C@@H](O)/C=C/C=C/C=C\C=C/[C@H](O)[C@@H](O)CCCC(=O)OC[C@H](COP(=O)(O)O)OC(=O)CCCCCCCCCCC/C=C\C/C=C\CCCCC. The lowest BCUT2D eigenvalue weighted by molar-refractivity contribution is -0.161. The van der Waals surface area contributed by atoms with Gasteiger partial charge in [-0.3, -0.25) is 14.1 Å². The second-order valence-corrected chi connectivity index (χ2v) is 15.4. The first-order valence-electron chi connectivity index (χ1n) is 21.2. The van der Waals surface area contributed by atoms with Crippen LogP contribution in [0, 0.1) is 0 Å². The van der Waals surface area contributed by atoms with E-state index in [9.17, 15) is 29.5 Å². The molecule has 0 bridgehead atoms. The van der Waals surface area contributed by atoms with Crippen LogP contribution in [0.25, 0.3) is 0 Å². The van der Waals surface area contributed by atoms with E-state index in [-0.39, 0.29) is 25.7 Å². The Kier molecular flexibility index (Phi) is 36.7. The molecule has 0 heterocycles. The first-order chi connectivity index (χ1) is 27.5. The molecule has 0 saturated carbocycles.